The number of rotatable bonds is 5. The quantitative estimate of drug-likeness (QED) is 0.407. The summed E-state index contributed by atoms with van der Waals surface area (Å²) < 4.78 is 40.1. The number of carbonyl (C=O) groups is 1. The van der Waals surface area contributed by atoms with Crippen LogP contribution < -0.4 is 5.32 Å². The van der Waals surface area contributed by atoms with Crippen molar-refractivity contribution in [2.24, 2.45) is 0 Å². The van der Waals surface area contributed by atoms with Crippen LogP contribution in [0.5, 0.6) is 0 Å². The summed E-state index contributed by atoms with van der Waals surface area (Å²) in [5.41, 5.74) is 1.51. The SMILES string of the molecule is O=C(C(Nc1ccccc1)c1ccc(C(F)(F)F)cc1)N1CCCC1c1ccccc1Br. The number of benzene rings is 3. The third-order valence-corrected chi connectivity index (χ3v) is 6.43. The fraction of sp³-hybridized carbons (Fsp3) is 0.240. The lowest BCUT2D eigenvalue weighted by atomic mass is 10.0. The number of amides is 1. The predicted molar refractivity (Wildman–Crippen MR) is 122 cm³/mol. The minimum absolute atomic E-state index is 0.0902. The lowest BCUT2D eigenvalue weighted by Gasteiger charge is -2.31. The second kappa shape index (κ2) is 9.36. The highest BCUT2D eigenvalue weighted by Crippen LogP contribution is 2.38. The van der Waals surface area contributed by atoms with Gasteiger partial charge in [-0.3, -0.25) is 4.79 Å². The molecule has 2 atom stereocenters. The Bertz CT molecular complexity index is 1070. The molecule has 7 heteroatoms. The van der Waals surface area contributed by atoms with Gasteiger partial charge >= 0.3 is 6.18 Å². The van der Waals surface area contributed by atoms with Crippen molar-refractivity contribution in [1.82, 2.24) is 4.90 Å². The van der Waals surface area contributed by atoms with Gasteiger partial charge in [0.05, 0.1) is 11.6 Å². The molecule has 4 rings (SSSR count). The van der Waals surface area contributed by atoms with E-state index in [1.807, 2.05) is 59.5 Å². The van der Waals surface area contributed by atoms with Crippen LogP contribution in [0.15, 0.2) is 83.3 Å². The van der Waals surface area contributed by atoms with Crippen LogP contribution in [0.3, 0.4) is 0 Å². The molecule has 1 heterocycles. The van der Waals surface area contributed by atoms with Crippen molar-refractivity contribution in [1.29, 1.82) is 0 Å². The van der Waals surface area contributed by atoms with Gasteiger partial charge in [-0.2, -0.15) is 13.2 Å². The standard InChI is InChI=1S/C25H22BrF3N2O/c26-21-10-5-4-9-20(21)22-11-6-16-31(22)24(32)23(30-19-7-2-1-3-8-19)17-12-14-18(15-13-17)25(27,28)29/h1-5,7-10,12-15,22-23,30H,6,11,16H2. The van der Waals surface area contributed by atoms with E-state index in [1.165, 1.54) is 12.1 Å². The second-order valence-electron chi connectivity index (χ2n) is 7.77. The van der Waals surface area contributed by atoms with Gasteiger partial charge in [0.1, 0.15) is 6.04 Å². The Morgan fingerprint density at radius 1 is 0.969 bits per heavy atom. The number of anilines is 1. The molecule has 1 N–H and O–H groups in total. The lowest BCUT2D eigenvalue weighted by molar-refractivity contribution is -0.137. The Balaban J connectivity index is 1.67. The molecule has 0 aliphatic carbocycles. The molecule has 3 nitrogen and oxygen atoms in total. The van der Waals surface area contributed by atoms with Gasteiger partial charge in [-0.25, -0.2) is 0 Å². The van der Waals surface area contributed by atoms with Crippen molar-refractivity contribution in [3.8, 4) is 0 Å². The summed E-state index contributed by atoms with van der Waals surface area (Å²) in [7, 11) is 0. The van der Waals surface area contributed by atoms with E-state index < -0.39 is 17.8 Å². The third kappa shape index (κ3) is 4.83. The number of halogens is 4. The van der Waals surface area contributed by atoms with Gasteiger partial charge < -0.3 is 10.2 Å². The highest BCUT2D eigenvalue weighted by Gasteiger charge is 2.36. The maximum absolute atomic E-state index is 13.8. The zero-order valence-electron chi connectivity index (χ0n) is 17.1. The van der Waals surface area contributed by atoms with Gasteiger partial charge in [-0.05, 0) is 54.3 Å². The molecule has 3 aromatic carbocycles. The largest absolute Gasteiger partial charge is 0.416 e. The van der Waals surface area contributed by atoms with Crippen LogP contribution >= 0.6 is 15.9 Å². The molecular weight excluding hydrogens is 481 g/mol. The molecule has 0 spiro atoms. The summed E-state index contributed by atoms with van der Waals surface area (Å²) >= 11 is 3.59. The van der Waals surface area contributed by atoms with Crippen LogP contribution in [0.2, 0.25) is 0 Å². The summed E-state index contributed by atoms with van der Waals surface area (Å²) in [6, 6.07) is 21.0. The first kappa shape index (κ1) is 22.4. The molecule has 1 aliphatic rings. The summed E-state index contributed by atoms with van der Waals surface area (Å²) in [5.74, 6) is -0.160. The first-order valence-electron chi connectivity index (χ1n) is 10.4. The van der Waals surface area contributed by atoms with Crippen LogP contribution in [-0.2, 0) is 11.0 Å². The number of hydrogen-bond donors (Lipinski definition) is 1. The molecule has 1 amide bonds. The Hall–Kier alpha value is -2.80. The average Bonchev–Trinajstić information content (AvgIpc) is 3.27. The van der Waals surface area contributed by atoms with Crippen molar-refractivity contribution in [2.75, 3.05) is 11.9 Å². The maximum atomic E-state index is 13.8. The zero-order valence-corrected chi connectivity index (χ0v) is 18.7. The van der Waals surface area contributed by atoms with Crippen molar-refractivity contribution in [2.45, 2.75) is 31.1 Å². The number of nitrogens with one attached hydrogen (secondary N) is 1. The number of alkyl halides is 3. The van der Waals surface area contributed by atoms with Crippen LogP contribution in [0.4, 0.5) is 18.9 Å². The predicted octanol–water partition coefficient (Wildman–Crippen LogP) is 6.98. The molecule has 0 saturated carbocycles. The third-order valence-electron chi connectivity index (χ3n) is 5.70. The topological polar surface area (TPSA) is 32.3 Å². The van der Waals surface area contributed by atoms with E-state index in [2.05, 4.69) is 21.2 Å². The number of likely N-dealkylation sites (tertiary alicyclic amines) is 1. The second-order valence-corrected chi connectivity index (χ2v) is 8.63. The lowest BCUT2D eigenvalue weighted by Crippen LogP contribution is -2.37. The molecule has 32 heavy (non-hydrogen) atoms. The highest BCUT2D eigenvalue weighted by molar-refractivity contribution is 9.10. The van der Waals surface area contributed by atoms with Crippen LogP contribution in [0, 0.1) is 0 Å². The summed E-state index contributed by atoms with van der Waals surface area (Å²) in [4.78, 5) is 15.6. The van der Waals surface area contributed by atoms with Gasteiger partial charge in [-0.15, -0.1) is 0 Å². The Kier molecular flexibility index (Phi) is 6.55. The van der Waals surface area contributed by atoms with E-state index in [9.17, 15) is 18.0 Å². The highest BCUT2D eigenvalue weighted by atomic mass is 79.9. The van der Waals surface area contributed by atoms with Crippen molar-refractivity contribution in [3.63, 3.8) is 0 Å². The molecule has 0 bridgehead atoms. The molecule has 0 radical (unpaired) electrons. The van der Waals surface area contributed by atoms with Crippen LogP contribution in [-0.4, -0.2) is 17.4 Å². The zero-order chi connectivity index (χ0) is 22.7. The molecule has 1 saturated heterocycles. The molecule has 3 aromatic rings. The van der Waals surface area contributed by atoms with Gasteiger partial charge in [0.2, 0.25) is 5.91 Å². The number of nitrogens with zero attached hydrogens (tertiary/aromatic N) is 1. The number of hydrogen-bond acceptors (Lipinski definition) is 2. The number of carbonyl (C=O) groups excluding carboxylic acids is 1. The smallest absolute Gasteiger partial charge is 0.370 e. The molecule has 2 unspecified atom stereocenters. The van der Waals surface area contributed by atoms with E-state index >= 15 is 0 Å². The minimum atomic E-state index is -4.43. The fourth-order valence-corrected chi connectivity index (χ4v) is 4.67. The molecular formula is C25H22BrF3N2O. The monoisotopic (exact) mass is 502 g/mol. The molecule has 0 aromatic heterocycles. The van der Waals surface area contributed by atoms with E-state index in [4.69, 9.17) is 0 Å². The summed E-state index contributed by atoms with van der Waals surface area (Å²) in [6.45, 7) is 0.596. The Labute approximate surface area is 193 Å². The summed E-state index contributed by atoms with van der Waals surface area (Å²) in [5, 5.41) is 3.23. The summed E-state index contributed by atoms with van der Waals surface area (Å²) in [6.07, 6.45) is -2.73. The minimum Gasteiger partial charge on any atom is -0.370 e. The Morgan fingerprint density at radius 2 is 1.62 bits per heavy atom. The molecule has 1 fully saturated rings. The van der Waals surface area contributed by atoms with Gasteiger partial charge in [0.15, 0.2) is 0 Å². The van der Waals surface area contributed by atoms with E-state index in [1.54, 1.807) is 0 Å². The number of para-hydroxylation sites is 1. The van der Waals surface area contributed by atoms with Crippen molar-refractivity contribution in [3.05, 3.63) is 100 Å². The van der Waals surface area contributed by atoms with Crippen molar-refractivity contribution >= 4 is 27.5 Å². The van der Waals surface area contributed by atoms with E-state index in [-0.39, 0.29) is 11.9 Å². The van der Waals surface area contributed by atoms with Gasteiger partial charge in [0, 0.05) is 16.7 Å². The average molecular weight is 503 g/mol. The first-order valence-corrected chi connectivity index (χ1v) is 11.2. The molecule has 1 aliphatic heterocycles. The van der Waals surface area contributed by atoms with E-state index in [0.29, 0.717) is 12.1 Å². The van der Waals surface area contributed by atoms with Crippen LogP contribution in [0.25, 0.3) is 0 Å². The Morgan fingerprint density at radius 3 is 2.28 bits per heavy atom. The van der Waals surface area contributed by atoms with Crippen molar-refractivity contribution < 1.29 is 18.0 Å². The first-order chi connectivity index (χ1) is 15.3. The van der Waals surface area contributed by atoms with Gasteiger partial charge in [0.25, 0.3) is 0 Å². The fourth-order valence-electron chi connectivity index (χ4n) is 4.12. The molecule has 166 valence electrons. The van der Waals surface area contributed by atoms with Gasteiger partial charge in [-0.1, -0.05) is 64.5 Å². The maximum Gasteiger partial charge on any atom is 0.416 e. The normalized spacial score (nSPS) is 17.2. The van der Waals surface area contributed by atoms with E-state index in [0.717, 1.165) is 40.7 Å². The van der Waals surface area contributed by atoms with Crippen LogP contribution in [0.1, 0.15) is 41.6 Å².